The maximum Gasteiger partial charge on any atom is 0.316 e. The van der Waals surface area contributed by atoms with E-state index in [0.29, 0.717) is 10.8 Å². The minimum atomic E-state index is -0.506. The second-order valence-electron chi connectivity index (χ2n) is 5.71. The van der Waals surface area contributed by atoms with E-state index in [2.05, 4.69) is 10.3 Å². The zero-order valence-electron chi connectivity index (χ0n) is 14.4. The van der Waals surface area contributed by atoms with Crippen molar-refractivity contribution in [3.8, 4) is 0 Å². The van der Waals surface area contributed by atoms with Crippen molar-refractivity contribution >= 4 is 40.4 Å². The van der Waals surface area contributed by atoms with Crippen molar-refractivity contribution in [1.82, 2.24) is 4.98 Å². The molecule has 0 atom stereocenters. The van der Waals surface area contributed by atoms with Crippen molar-refractivity contribution in [2.75, 3.05) is 17.7 Å². The number of thioether (sulfide) groups is 1. The quantitative estimate of drug-likeness (QED) is 0.526. The number of fused-ring (bicyclic) bond motifs is 1. The molecule has 0 aliphatic carbocycles. The summed E-state index contributed by atoms with van der Waals surface area (Å²) in [7, 11) is 0. The Labute approximate surface area is 154 Å². The minimum absolute atomic E-state index is 0.0174. The molecule has 0 saturated heterocycles. The van der Waals surface area contributed by atoms with E-state index in [9.17, 15) is 9.59 Å². The van der Waals surface area contributed by atoms with Gasteiger partial charge in [0.1, 0.15) is 11.3 Å². The van der Waals surface area contributed by atoms with Crippen LogP contribution in [0.5, 0.6) is 0 Å². The molecule has 2 aromatic carbocycles. The van der Waals surface area contributed by atoms with Gasteiger partial charge >= 0.3 is 5.97 Å². The van der Waals surface area contributed by atoms with Gasteiger partial charge in [-0.1, -0.05) is 42.1 Å². The van der Waals surface area contributed by atoms with Gasteiger partial charge in [0.2, 0.25) is 0 Å². The molecule has 0 unspecified atom stereocenters. The first-order valence-corrected chi connectivity index (χ1v) is 9.01. The highest BCUT2D eigenvalue weighted by atomic mass is 32.2. The molecular formula is C19H18N2O4S. The van der Waals surface area contributed by atoms with Crippen LogP contribution < -0.4 is 5.32 Å². The van der Waals surface area contributed by atoms with Crippen molar-refractivity contribution in [2.24, 2.45) is 0 Å². The summed E-state index contributed by atoms with van der Waals surface area (Å²) in [6, 6.07) is 13.1. The first-order chi connectivity index (χ1) is 12.5. The van der Waals surface area contributed by atoms with Crippen molar-refractivity contribution < 1.29 is 18.7 Å². The molecule has 7 heteroatoms. The first-order valence-electron chi connectivity index (χ1n) is 8.03. The highest BCUT2D eigenvalue weighted by molar-refractivity contribution is 7.99. The van der Waals surface area contributed by atoms with E-state index in [1.807, 2.05) is 56.3 Å². The minimum Gasteiger partial charge on any atom is -0.455 e. The van der Waals surface area contributed by atoms with E-state index in [-0.39, 0.29) is 18.3 Å². The number of hydrogen-bond acceptors (Lipinski definition) is 6. The summed E-state index contributed by atoms with van der Waals surface area (Å²) in [5.74, 6) is -0.861. The smallest absolute Gasteiger partial charge is 0.316 e. The number of aryl methyl sites for hydroxylation is 2. The number of hydrogen-bond donors (Lipinski definition) is 1. The molecule has 0 saturated carbocycles. The number of benzene rings is 2. The molecule has 0 spiro atoms. The molecule has 0 aliphatic heterocycles. The Morgan fingerprint density at radius 2 is 1.85 bits per heavy atom. The monoisotopic (exact) mass is 370 g/mol. The van der Waals surface area contributed by atoms with Gasteiger partial charge in [0.25, 0.3) is 11.1 Å². The fourth-order valence-electron chi connectivity index (χ4n) is 2.41. The Hall–Kier alpha value is -2.80. The van der Waals surface area contributed by atoms with Gasteiger partial charge in [0.05, 0.1) is 0 Å². The highest BCUT2D eigenvalue weighted by Crippen LogP contribution is 2.23. The zero-order chi connectivity index (χ0) is 18.5. The van der Waals surface area contributed by atoms with Gasteiger partial charge < -0.3 is 14.5 Å². The summed E-state index contributed by atoms with van der Waals surface area (Å²) >= 11 is 1.13. The molecule has 0 aliphatic rings. The Morgan fingerprint density at radius 1 is 1.12 bits per heavy atom. The van der Waals surface area contributed by atoms with Crippen molar-refractivity contribution in [3.05, 3.63) is 53.6 Å². The SMILES string of the molecule is Cc1cccc(C)c1NC(=O)COC(=O)CSc1nc2ccccc2o1. The van der Waals surface area contributed by atoms with E-state index >= 15 is 0 Å². The third-order valence-corrected chi connectivity index (χ3v) is 4.50. The van der Waals surface area contributed by atoms with Gasteiger partial charge in [-0.25, -0.2) is 4.98 Å². The molecule has 134 valence electrons. The molecule has 3 aromatic rings. The lowest BCUT2D eigenvalue weighted by molar-refractivity contribution is -0.144. The lowest BCUT2D eigenvalue weighted by Gasteiger charge is -2.11. The largest absolute Gasteiger partial charge is 0.455 e. The molecule has 0 bridgehead atoms. The van der Waals surface area contributed by atoms with Crippen LogP contribution in [0.2, 0.25) is 0 Å². The van der Waals surface area contributed by atoms with E-state index in [1.54, 1.807) is 0 Å². The Morgan fingerprint density at radius 3 is 2.58 bits per heavy atom. The average molecular weight is 370 g/mol. The van der Waals surface area contributed by atoms with Crippen LogP contribution >= 0.6 is 11.8 Å². The Balaban J connectivity index is 1.47. The number of ether oxygens (including phenoxy) is 1. The highest BCUT2D eigenvalue weighted by Gasteiger charge is 2.13. The summed E-state index contributed by atoms with van der Waals surface area (Å²) in [6.07, 6.45) is 0. The molecule has 1 amide bonds. The van der Waals surface area contributed by atoms with Crippen LogP contribution in [0.15, 0.2) is 52.1 Å². The Bertz CT molecular complexity index is 898. The number of para-hydroxylation sites is 3. The van der Waals surface area contributed by atoms with E-state index < -0.39 is 5.97 Å². The summed E-state index contributed by atoms with van der Waals surface area (Å²) in [4.78, 5) is 28.1. The standard InChI is InChI=1S/C19H18N2O4S/c1-12-6-5-7-13(2)18(12)21-16(22)10-24-17(23)11-26-19-20-14-8-3-4-9-15(14)25-19/h3-9H,10-11H2,1-2H3,(H,21,22). The number of amides is 1. The molecule has 0 radical (unpaired) electrons. The molecule has 1 aromatic heterocycles. The maximum atomic E-state index is 12.0. The van der Waals surface area contributed by atoms with Gasteiger partial charge in [0.15, 0.2) is 12.2 Å². The molecule has 1 N–H and O–H groups in total. The number of oxazole rings is 1. The van der Waals surface area contributed by atoms with Crippen LogP contribution in [0.25, 0.3) is 11.1 Å². The normalized spacial score (nSPS) is 10.7. The fourth-order valence-corrected chi connectivity index (χ4v) is 3.04. The summed E-state index contributed by atoms with van der Waals surface area (Å²) in [5.41, 5.74) is 4.05. The lowest BCUT2D eigenvalue weighted by Crippen LogP contribution is -2.22. The second kappa shape index (κ2) is 8.05. The molecular weight excluding hydrogens is 352 g/mol. The topological polar surface area (TPSA) is 81.4 Å². The van der Waals surface area contributed by atoms with Crippen LogP contribution in [0.3, 0.4) is 0 Å². The van der Waals surface area contributed by atoms with E-state index in [0.717, 1.165) is 34.1 Å². The predicted octanol–water partition coefficient (Wildman–Crippen LogP) is 3.72. The number of aromatic nitrogens is 1. The third-order valence-electron chi connectivity index (χ3n) is 3.70. The van der Waals surface area contributed by atoms with Gasteiger partial charge in [0, 0.05) is 5.69 Å². The zero-order valence-corrected chi connectivity index (χ0v) is 15.3. The van der Waals surface area contributed by atoms with Gasteiger partial charge in [-0.15, -0.1) is 0 Å². The van der Waals surface area contributed by atoms with E-state index in [1.165, 1.54) is 0 Å². The molecule has 3 rings (SSSR count). The van der Waals surface area contributed by atoms with E-state index in [4.69, 9.17) is 9.15 Å². The molecule has 0 fully saturated rings. The molecule has 1 heterocycles. The summed E-state index contributed by atoms with van der Waals surface area (Å²) < 4.78 is 10.5. The van der Waals surface area contributed by atoms with Crippen LogP contribution in [-0.2, 0) is 14.3 Å². The van der Waals surface area contributed by atoms with Crippen LogP contribution in [0.4, 0.5) is 5.69 Å². The number of carbonyl (C=O) groups excluding carboxylic acids is 2. The second-order valence-corrected chi connectivity index (χ2v) is 6.64. The summed E-state index contributed by atoms with van der Waals surface area (Å²) in [5, 5.41) is 3.16. The lowest BCUT2D eigenvalue weighted by atomic mass is 10.1. The van der Waals surface area contributed by atoms with Crippen LogP contribution in [-0.4, -0.2) is 29.2 Å². The number of carbonyl (C=O) groups is 2. The van der Waals surface area contributed by atoms with Crippen molar-refractivity contribution in [3.63, 3.8) is 0 Å². The van der Waals surface area contributed by atoms with Crippen LogP contribution in [0, 0.1) is 13.8 Å². The molecule has 6 nitrogen and oxygen atoms in total. The van der Waals surface area contributed by atoms with Crippen LogP contribution in [0.1, 0.15) is 11.1 Å². The first kappa shape index (κ1) is 18.0. The van der Waals surface area contributed by atoms with Gasteiger partial charge in [-0.2, -0.15) is 0 Å². The fraction of sp³-hybridized carbons (Fsp3) is 0.211. The Kier molecular flexibility index (Phi) is 5.58. The number of nitrogens with one attached hydrogen (secondary N) is 1. The number of nitrogens with zero attached hydrogens (tertiary/aromatic N) is 1. The summed E-state index contributed by atoms with van der Waals surface area (Å²) in [6.45, 7) is 3.48. The van der Waals surface area contributed by atoms with Gasteiger partial charge in [-0.3, -0.25) is 9.59 Å². The predicted molar refractivity (Wildman–Crippen MR) is 100 cm³/mol. The van der Waals surface area contributed by atoms with Crippen molar-refractivity contribution in [2.45, 2.75) is 19.1 Å². The number of anilines is 1. The number of rotatable bonds is 6. The van der Waals surface area contributed by atoms with Gasteiger partial charge in [-0.05, 0) is 37.1 Å². The number of esters is 1. The third kappa shape index (κ3) is 4.43. The maximum absolute atomic E-state index is 12.0. The molecule has 26 heavy (non-hydrogen) atoms. The van der Waals surface area contributed by atoms with Crippen molar-refractivity contribution in [1.29, 1.82) is 0 Å². The average Bonchev–Trinajstić information content (AvgIpc) is 3.04.